The maximum absolute atomic E-state index is 11.1. The molecule has 0 aliphatic carbocycles. The van der Waals surface area contributed by atoms with E-state index in [1.54, 1.807) is 0 Å². The van der Waals surface area contributed by atoms with Gasteiger partial charge in [0, 0.05) is 9.13 Å². The highest BCUT2D eigenvalue weighted by atomic mass is 127. The van der Waals surface area contributed by atoms with Crippen LogP contribution >= 0.6 is 22.6 Å². The first-order valence-corrected chi connectivity index (χ1v) is 4.73. The topological polar surface area (TPSA) is 26.3 Å². The Kier molecular flexibility index (Phi) is 1.83. The highest BCUT2D eigenvalue weighted by molar-refractivity contribution is 14.1. The van der Waals surface area contributed by atoms with Crippen molar-refractivity contribution < 1.29 is 9.53 Å². The Balaban J connectivity index is 2.68. The fourth-order valence-corrected chi connectivity index (χ4v) is 1.91. The zero-order valence-electron chi connectivity index (χ0n) is 6.56. The van der Waals surface area contributed by atoms with E-state index in [0.29, 0.717) is 6.61 Å². The summed E-state index contributed by atoms with van der Waals surface area (Å²) < 4.78 is 6.06. The largest absolute Gasteiger partial charge is 0.457 e. The standard InChI is InChI=1S/C9H7IO2/c1-5-2-3-6-7(8(5)10)4-12-9(6)11/h2-3H,4H2,1H3. The van der Waals surface area contributed by atoms with E-state index in [1.165, 1.54) is 5.56 Å². The van der Waals surface area contributed by atoms with Crippen LogP contribution in [0.2, 0.25) is 0 Å². The van der Waals surface area contributed by atoms with Gasteiger partial charge in [-0.1, -0.05) is 6.07 Å². The van der Waals surface area contributed by atoms with E-state index < -0.39 is 0 Å². The molecular weight excluding hydrogens is 267 g/mol. The first-order chi connectivity index (χ1) is 5.70. The first-order valence-electron chi connectivity index (χ1n) is 3.65. The van der Waals surface area contributed by atoms with Crippen LogP contribution in [0.4, 0.5) is 0 Å². The molecule has 0 atom stereocenters. The molecule has 0 N–H and O–H groups in total. The number of esters is 1. The highest BCUT2D eigenvalue weighted by Gasteiger charge is 2.23. The van der Waals surface area contributed by atoms with Gasteiger partial charge < -0.3 is 4.74 Å². The predicted octanol–water partition coefficient (Wildman–Crippen LogP) is 2.27. The third kappa shape index (κ3) is 1.03. The van der Waals surface area contributed by atoms with Crippen LogP contribution in [-0.2, 0) is 11.3 Å². The zero-order valence-corrected chi connectivity index (χ0v) is 8.71. The second-order valence-corrected chi connectivity index (χ2v) is 3.88. The van der Waals surface area contributed by atoms with Gasteiger partial charge in [0.2, 0.25) is 0 Å². The number of halogens is 1. The van der Waals surface area contributed by atoms with E-state index in [9.17, 15) is 4.79 Å². The molecule has 1 aromatic carbocycles. The van der Waals surface area contributed by atoms with Crippen LogP contribution in [0.3, 0.4) is 0 Å². The molecule has 12 heavy (non-hydrogen) atoms. The van der Waals surface area contributed by atoms with Crippen LogP contribution in [0.5, 0.6) is 0 Å². The van der Waals surface area contributed by atoms with Gasteiger partial charge in [0.1, 0.15) is 6.61 Å². The molecule has 2 nitrogen and oxygen atoms in total. The summed E-state index contributed by atoms with van der Waals surface area (Å²) in [6, 6.07) is 3.79. The fourth-order valence-electron chi connectivity index (χ4n) is 1.29. The van der Waals surface area contributed by atoms with Gasteiger partial charge in [-0.2, -0.15) is 0 Å². The summed E-state index contributed by atoms with van der Waals surface area (Å²) >= 11 is 2.25. The van der Waals surface area contributed by atoms with Crippen LogP contribution < -0.4 is 0 Å². The molecule has 0 saturated heterocycles. The quantitative estimate of drug-likeness (QED) is 0.536. The van der Waals surface area contributed by atoms with Crippen LogP contribution in [0, 0.1) is 10.5 Å². The van der Waals surface area contributed by atoms with Crippen LogP contribution in [0.15, 0.2) is 12.1 Å². The van der Waals surface area contributed by atoms with Crippen molar-refractivity contribution in [1.29, 1.82) is 0 Å². The molecule has 0 saturated carbocycles. The minimum atomic E-state index is -0.192. The summed E-state index contributed by atoms with van der Waals surface area (Å²) in [6.45, 7) is 2.47. The van der Waals surface area contributed by atoms with E-state index in [1.807, 2.05) is 19.1 Å². The number of cyclic esters (lactones) is 1. The van der Waals surface area contributed by atoms with Gasteiger partial charge in [-0.25, -0.2) is 4.79 Å². The predicted molar refractivity (Wildman–Crippen MR) is 53.0 cm³/mol. The van der Waals surface area contributed by atoms with Crippen LogP contribution in [-0.4, -0.2) is 5.97 Å². The van der Waals surface area contributed by atoms with Crippen LogP contribution in [0.25, 0.3) is 0 Å². The Morgan fingerprint density at radius 1 is 1.50 bits per heavy atom. The minimum absolute atomic E-state index is 0.192. The van der Waals surface area contributed by atoms with Crippen molar-refractivity contribution in [3.63, 3.8) is 0 Å². The maximum atomic E-state index is 11.1. The average molecular weight is 274 g/mol. The van der Waals surface area contributed by atoms with E-state index in [-0.39, 0.29) is 5.97 Å². The molecular formula is C9H7IO2. The highest BCUT2D eigenvalue weighted by Crippen LogP contribution is 2.26. The number of hydrogen-bond acceptors (Lipinski definition) is 2. The number of benzene rings is 1. The lowest BCUT2D eigenvalue weighted by Gasteiger charge is -2.00. The summed E-state index contributed by atoms with van der Waals surface area (Å²) in [6.07, 6.45) is 0. The second kappa shape index (κ2) is 2.73. The van der Waals surface area contributed by atoms with Gasteiger partial charge in [0.05, 0.1) is 5.56 Å². The van der Waals surface area contributed by atoms with Gasteiger partial charge in [0.15, 0.2) is 0 Å². The van der Waals surface area contributed by atoms with Gasteiger partial charge in [0.25, 0.3) is 0 Å². The minimum Gasteiger partial charge on any atom is -0.457 e. The van der Waals surface area contributed by atoms with Gasteiger partial charge in [-0.05, 0) is 41.1 Å². The van der Waals surface area contributed by atoms with E-state index in [4.69, 9.17) is 4.74 Å². The molecule has 0 bridgehead atoms. The number of carbonyl (C=O) groups is 1. The Labute approximate surface area is 84.1 Å². The molecule has 0 unspecified atom stereocenters. The number of carbonyl (C=O) groups excluding carboxylic acids is 1. The van der Waals surface area contributed by atoms with Crippen molar-refractivity contribution >= 4 is 28.6 Å². The third-order valence-electron chi connectivity index (χ3n) is 2.00. The van der Waals surface area contributed by atoms with Crippen molar-refractivity contribution in [3.05, 3.63) is 32.4 Å². The number of rotatable bonds is 0. The molecule has 0 aromatic heterocycles. The number of fused-ring (bicyclic) bond motifs is 1. The molecule has 1 aliphatic rings. The number of ether oxygens (including phenoxy) is 1. The second-order valence-electron chi connectivity index (χ2n) is 2.80. The molecule has 2 rings (SSSR count). The molecule has 0 fully saturated rings. The first kappa shape index (κ1) is 8.04. The third-order valence-corrected chi connectivity index (χ3v) is 3.51. The molecule has 3 heteroatoms. The Morgan fingerprint density at radius 2 is 2.25 bits per heavy atom. The number of hydrogen-bond donors (Lipinski definition) is 0. The van der Waals surface area contributed by atoms with Crippen molar-refractivity contribution in [1.82, 2.24) is 0 Å². The molecule has 1 aromatic rings. The average Bonchev–Trinajstić information content (AvgIpc) is 2.41. The SMILES string of the molecule is Cc1ccc2c(c1I)COC2=O. The van der Waals surface area contributed by atoms with E-state index in [2.05, 4.69) is 22.6 Å². The van der Waals surface area contributed by atoms with Crippen molar-refractivity contribution in [2.24, 2.45) is 0 Å². The molecule has 1 aliphatic heterocycles. The summed E-state index contributed by atoms with van der Waals surface area (Å²) in [7, 11) is 0. The summed E-state index contributed by atoms with van der Waals surface area (Å²) in [5.74, 6) is -0.192. The monoisotopic (exact) mass is 274 g/mol. The van der Waals surface area contributed by atoms with E-state index >= 15 is 0 Å². The zero-order chi connectivity index (χ0) is 8.72. The van der Waals surface area contributed by atoms with Crippen LogP contribution in [0.1, 0.15) is 21.5 Å². The van der Waals surface area contributed by atoms with Gasteiger partial charge in [-0.15, -0.1) is 0 Å². The number of aryl methyl sites for hydroxylation is 1. The maximum Gasteiger partial charge on any atom is 0.338 e. The van der Waals surface area contributed by atoms with Crippen molar-refractivity contribution in [2.45, 2.75) is 13.5 Å². The fraction of sp³-hybridized carbons (Fsp3) is 0.222. The lowest BCUT2D eigenvalue weighted by Crippen LogP contribution is -1.94. The van der Waals surface area contributed by atoms with Gasteiger partial charge >= 0.3 is 5.97 Å². The normalized spacial score (nSPS) is 14.3. The Hall–Kier alpha value is -0.580. The molecule has 0 spiro atoms. The molecule has 1 heterocycles. The summed E-state index contributed by atoms with van der Waals surface area (Å²) in [5, 5.41) is 0. The lowest BCUT2D eigenvalue weighted by molar-refractivity contribution is 0.0535. The lowest BCUT2D eigenvalue weighted by atomic mass is 10.1. The summed E-state index contributed by atoms with van der Waals surface area (Å²) in [4.78, 5) is 11.1. The molecule has 62 valence electrons. The van der Waals surface area contributed by atoms with Gasteiger partial charge in [-0.3, -0.25) is 0 Å². The Morgan fingerprint density at radius 3 is 3.00 bits per heavy atom. The van der Waals surface area contributed by atoms with E-state index in [0.717, 1.165) is 14.7 Å². The summed E-state index contributed by atoms with van der Waals surface area (Å²) in [5.41, 5.74) is 2.97. The smallest absolute Gasteiger partial charge is 0.338 e. The van der Waals surface area contributed by atoms with Crippen molar-refractivity contribution in [2.75, 3.05) is 0 Å². The Bertz CT molecular complexity index is 358. The van der Waals surface area contributed by atoms with Crippen molar-refractivity contribution in [3.8, 4) is 0 Å². The molecule has 0 amide bonds. The molecule has 0 radical (unpaired) electrons.